The summed E-state index contributed by atoms with van der Waals surface area (Å²) < 4.78 is 5.04. The Hall–Kier alpha value is -0.950. The number of carbonyl (C=O) groups is 2. The van der Waals surface area contributed by atoms with Crippen LogP contribution in [0.2, 0.25) is 0 Å². The first-order valence-electron chi connectivity index (χ1n) is 5.40. The van der Waals surface area contributed by atoms with E-state index in [1.54, 1.807) is 11.8 Å². The summed E-state index contributed by atoms with van der Waals surface area (Å²) in [5.41, 5.74) is -1.27. The first kappa shape index (κ1) is 14.1. The molecule has 2 amide bonds. The predicted molar refractivity (Wildman–Crippen MR) is 65.3 cm³/mol. The zero-order chi connectivity index (χ0) is 12.9. The third kappa shape index (κ3) is 3.78. The van der Waals surface area contributed by atoms with E-state index in [2.05, 4.69) is 10.6 Å². The average Bonchev–Trinajstić information content (AvgIpc) is 2.75. The van der Waals surface area contributed by atoms with Gasteiger partial charge in [0.2, 0.25) is 0 Å². The maximum atomic E-state index is 11.6. The Kier molecular flexibility index (Phi) is 5.07. The van der Waals surface area contributed by atoms with Crippen molar-refractivity contribution in [3.63, 3.8) is 0 Å². The Bertz CT molecular complexity index is 292. The van der Waals surface area contributed by atoms with Crippen molar-refractivity contribution in [2.24, 2.45) is 0 Å². The number of hydrogen-bond acceptors (Lipinski definition) is 4. The van der Waals surface area contributed by atoms with Crippen LogP contribution in [-0.4, -0.2) is 53.9 Å². The molecule has 98 valence electrons. The van der Waals surface area contributed by atoms with E-state index in [9.17, 15) is 9.59 Å². The van der Waals surface area contributed by atoms with Crippen molar-refractivity contribution in [1.29, 1.82) is 0 Å². The lowest BCUT2D eigenvalue weighted by molar-refractivity contribution is -0.144. The van der Waals surface area contributed by atoms with Gasteiger partial charge in [0.05, 0.1) is 6.61 Å². The number of carboxylic acid groups (broad SMARTS) is 1. The third-order valence-electron chi connectivity index (χ3n) is 2.74. The van der Waals surface area contributed by atoms with Crippen LogP contribution in [0.3, 0.4) is 0 Å². The van der Waals surface area contributed by atoms with Gasteiger partial charge in [0.25, 0.3) is 0 Å². The minimum atomic E-state index is -1.27. The summed E-state index contributed by atoms with van der Waals surface area (Å²) in [5, 5.41) is 14.5. The van der Waals surface area contributed by atoms with Gasteiger partial charge in [-0.3, -0.25) is 0 Å². The molecule has 0 spiro atoms. The van der Waals surface area contributed by atoms with Crippen LogP contribution in [0.4, 0.5) is 4.79 Å². The molecule has 0 aromatic rings. The van der Waals surface area contributed by atoms with Crippen molar-refractivity contribution in [2.45, 2.75) is 24.1 Å². The van der Waals surface area contributed by atoms with E-state index < -0.39 is 17.5 Å². The SMILES string of the molecule is CSC(C)CNC(=O)NC1(C(=O)O)CCOC1. The molecular weight excluding hydrogens is 244 g/mol. The molecule has 1 rings (SSSR count). The van der Waals surface area contributed by atoms with E-state index in [1.807, 2.05) is 13.2 Å². The zero-order valence-electron chi connectivity index (χ0n) is 9.99. The largest absolute Gasteiger partial charge is 0.479 e. The predicted octanol–water partition coefficient (Wildman–Crippen LogP) is 0.281. The number of thioether (sulfide) groups is 1. The topological polar surface area (TPSA) is 87.7 Å². The first-order valence-corrected chi connectivity index (χ1v) is 6.69. The number of ether oxygens (including phenoxy) is 1. The fraction of sp³-hybridized carbons (Fsp3) is 0.800. The van der Waals surface area contributed by atoms with E-state index in [4.69, 9.17) is 9.84 Å². The molecule has 0 radical (unpaired) electrons. The summed E-state index contributed by atoms with van der Waals surface area (Å²) in [6.07, 6.45) is 2.25. The number of nitrogens with one attached hydrogen (secondary N) is 2. The lowest BCUT2D eigenvalue weighted by atomic mass is 9.99. The first-order chi connectivity index (χ1) is 8.00. The van der Waals surface area contributed by atoms with E-state index in [0.29, 0.717) is 24.8 Å². The lowest BCUT2D eigenvalue weighted by Crippen LogP contribution is -2.58. The van der Waals surface area contributed by atoms with Gasteiger partial charge >= 0.3 is 12.0 Å². The van der Waals surface area contributed by atoms with E-state index in [0.717, 1.165) is 0 Å². The molecule has 2 atom stereocenters. The molecule has 0 aliphatic carbocycles. The summed E-state index contributed by atoms with van der Waals surface area (Å²) in [6, 6.07) is -0.459. The van der Waals surface area contributed by atoms with Gasteiger partial charge in [-0.05, 0) is 6.26 Å². The number of carbonyl (C=O) groups excluding carboxylic acids is 1. The smallest absolute Gasteiger partial charge is 0.332 e. The van der Waals surface area contributed by atoms with Crippen molar-refractivity contribution < 1.29 is 19.4 Å². The van der Waals surface area contributed by atoms with Crippen molar-refractivity contribution in [3.8, 4) is 0 Å². The summed E-state index contributed by atoms with van der Waals surface area (Å²) in [7, 11) is 0. The zero-order valence-corrected chi connectivity index (χ0v) is 10.8. The summed E-state index contributed by atoms with van der Waals surface area (Å²) >= 11 is 1.63. The molecule has 0 bridgehead atoms. The van der Waals surface area contributed by atoms with Crippen LogP contribution >= 0.6 is 11.8 Å². The van der Waals surface area contributed by atoms with Crippen molar-refractivity contribution >= 4 is 23.8 Å². The molecule has 0 aromatic heterocycles. The molecule has 1 aliphatic rings. The number of aliphatic carboxylic acids is 1. The second-order valence-electron chi connectivity index (χ2n) is 4.07. The van der Waals surface area contributed by atoms with E-state index in [1.165, 1.54) is 0 Å². The fourth-order valence-corrected chi connectivity index (χ4v) is 1.72. The molecule has 6 nitrogen and oxygen atoms in total. The Morgan fingerprint density at radius 3 is 2.76 bits per heavy atom. The Labute approximate surface area is 104 Å². The monoisotopic (exact) mass is 262 g/mol. The molecule has 1 heterocycles. The van der Waals surface area contributed by atoms with Gasteiger partial charge in [-0.2, -0.15) is 11.8 Å². The van der Waals surface area contributed by atoms with Crippen LogP contribution in [0.25, 0.3) is 0 Å². The molecule has 0 aromatic carbocycles. The van der Waals surface area contributed by atoms with Crippen LogP contribution in [0.15, 0.2) is 0 Å². The third-order valence-corrected chi connectivity index (χ3v) is 3.71. The quantitative estimate of drug-likeness (QED) is 0.662. The maximum absolute atomic E-state index is 11.6. The minimum absolute atomic E-state index is 0.0217. The van der Waals surface area contributed by atoms with Gasteiger partial charge in [0, 0.05) is 24.8 Å². The standard InChI is InChI=1S/C10H18N2O4S/c1-7(17-2)5-11-9(15)12-10(8(13)14)3-4-16-6-10/h7H,3-6H2,1-2H3,(H,13,14)(H2,11,12,15). The highest BCUT2D eigenvalue weighted by molar-refractivity contribution is 7.99. The van der Waals surface area contributed by atoms with Crippen LogP contribution < -0.4 is 10.6 Å². The number of urea groups is 1. The van der Waals surface area contributed by atoms with Gasteiger partial charge in [-0.1, -0.05) is 6.92 Å². The molecule has 7 heteroatoms. The van der Waals surface area contributed by atoms with Crippen LogP contribution in [0, 0.1) is 0 Å². The van der Waals surface area contributed by atoms with E-state index >= 15 is 0 Å². The van der Waals surface area contributed by atoms with Crippen LogP contribution in [0.1, 0.15) is 13.3 Å². The van der Waals surface area contributed by atoms with Gasteiger partial charge in [-0.25, -0.2) is 9.59 Å². The Morgan fingerprint density at radius 1 is 1.59 bits per heavy atom. The average molecular weight is 262 g/mol. The Morgan fingerprint density at radius 2 is 2.29 bits per heavy atom. The van der Waals surface area contributed by atoms with Crippen molar-refractivity contribution in [1.82, 2.24) is 10.6 Å². The number of hydrogen-bond donors (Lipinski definition) is 3. The van der Waals surface area contributed by atoms with Crippen molar-refractivity contribution in [3.05, 3.63) is 0 Å². The molecule has 2 unspecified atom stereocenters. The van der Waals surface area contributed by atoms with Gasteiger partial charge in [-0.15, -0.1) is 0 Å². The lowest BCUT2D eigenvalue weighted by Gasteiger charge is -2.24. The molecular formula is C10H18N2O4S. The second kappa shape index (κ2) is 6.11. The highest BCUT2D eigenvalue weighted by Gasteiger charge is 2.43. The molecule has 0 saturated carbocycles. The molecule has 1 aliphatic heterocycles. The second-order valence-corrected chi connectivity index (χ2v) is 5.35. The summed E-state index contributed by atoms with van der Waals surface area (Å²) in [6.45, 7) is 2.86. The minimum Gasteiger partial charge on any atom is -0.479 e. The normalized spacial score (nSPS) is 25.3. The Balaban J connectivity index is 2.45. The molecule has 17 heavy (non-hydrogen) atoms. The summed E-state index contributed by atoms with van der Waals surface area (Å²) in [5.74, 6) is -1.05. The number of rotatable bonds is 5. The van der Waals surface area contributed by atoms with Gasteiger partial charge in [0.1, 0.15) is 0 Å². The van der Waals surface area contributed by atoms with Crippen molar-refractivity contribution in [2.75, 3.05) is 26.0 Å². The summed E-state index contributed by atoms with van der Waals surface area (Å²) in [4.78, 5) is 22.7. The highest BCUT2D eigenvalue weighted by Crippen LogP contribution is 2.18. The highest BCUT2D eigenvalue weighted by atomic mass is 32.2. The number of amides is 2. The van der Waals surface area contributed by atoms with Gasteiger partial charge in [0.15, 0.2) is 5.54 Å². The molecule has 1 saturated heterocycles. The van der Waals surface area contributed by atoms with Crippen LogP contribution in [-0.2, 0) is 9.53 Å². The van der Waals surface area contributed by atoms with Gasteiger partial charge < -0.3 is 20.5 Å². The van der Waals surface area contributed by atoms with Crippen LogP contribution in [0.5, 0.6) is 0 Å². The maximum Gasteiger partial charge on any atom is 0.332 e. The van der Waals surface area contributed by atoms with E-state index in [-0.39, 0.29) is 6.61 Å². The molecule has 3 N–H and O–H groups in total. The molecule has 1 fully saturated rings. The fourth-order valence-electron chi connectivity index (χ4n) is 1.47. The number of carboxylic acids is 1.